The van der Waals surface area contributed by atoms with Crippen molar-refractivity contribution in [2.24, 2.45) is 0 Å². The zero-order valence-corrected chi connectivity index (χ0v) is 10.2. The molecule has 0 aliphatic heterocycles. The molecule has 0 N–H and O–H groups in total. The minimum absolute atomic E-state index is 0.200. The molecular formula is C9H22O2Si. The maximum Gasteiger partial charge on any atom is 0.343 e. The summed E-state index contributed by atoms with van der Waals surface area (Å²) in [5.41, 5.74) is 0. The fourth-order valence-corrected chi connectivity index (χ4v) is 5.02. The van der Waals surface area contributed by atoms with Crippen LogP contribution in [0.2, 0.25) is 11.1 Å². The molecule has 0 aliphatic rings. The first-order chi connectivity index (χ1) is 5.49. The summed E-state index contributed by atoms with van der Waals surface area (Å²) < 4.78 is 11.2. The topological polar surface area (TPSA) is 18.5 Å². The van der Waals surface area contributed by atoms with E-state index in [1.807, 2.05) is 0 Å². The average Bonchev–Trinajstić information content (AvgIpc) is 2.08. The Hall–Kier alpha value is 0.137. The predicted octanol–water partition coefficient (Wildman–Crippen LogP) is 2.93. The Balaban J connectivity index is 4.69. The van der Waals surface area contributed by atoms with Gasteiger partial charge in [0.05, 0.1) is 0 Å². The normalized spacial score (nSPS) is 13.5. The molecule has 0 aromatic heterocycles. The summed E-state index contributed by atoms with van der Waals surface area (Å²) in [6, 6.07) is 1.01. The third-order valence-corrected chi connectivity index (χ3v) is 7.71. The third kappa shape index (κ3) is 1.89. The van der Waals surface area contributed by atoms with Gasteiger partial charge in [-0.1, -0.05) is 27.7 Å². The molecule has 12 heavy (non-hydrogen) atoms. The molecule has 2 nitrogen and oxygen atoms in total. The molecule has 0 amide bonds. The molecule has 0 aromatic rings. The molecule has 0 saturated carbocycles. The summed E-state index contributed by atoms with van der Waals surface area (Å²) in [7, 11) is 1.60. The maximum atomic E-state index is 5.61. The molecule has 0 bridgehead atoms. The van der Waals surface area contributed by atoms with E-state index >= 15 is 0 Å². The molecule has 0 radical (unpaired) electrons. The summed E-state index contributed by atoms with van der Waals surface area (Å²) >= 11 is 0. The van der Waals surface area contributed by atoms with Crippen LogP contribution in [0.3, 0.4) is 0 Å². The van der Waals surface area contributed by atoms with Crippen LogP contribution in [0.15, 0.2) is 0 Å². The molecule has 74 valence electrons. The Labute approximate surface area is 77.5 Å². The van der Waals surface area contributed by atoms with E-state index in [1.165, 1.54) is 0 Å². The van der Waals surface area contributed by atoms with Gasteiger partial charge in [0.2, 0.25) is 0 Å². The first-order valence-electron chi connectivity index (χ1n) is 4.60. The van der Waals surface area contributed by atoms with E-state index in [1.54, 1.807) is 14.2 Å². The minimum atomic E-state index is -1.95. The quantitative estimate of drug-likeness (QED) is 0.621. The van der Waals surface area contributed by atoms with Gasteiger partial charge in [-0.05, 0) is 12.5 Å². The monoisotopic (exact) mass is 190 g/mol. The lowest BCUT2D eigenvalue weighted by atomic mass is 10.1. The highest BCUT2D eigenvalue weighted by Crippen LogP contribution is 2.42. The van der Waals surface area contributed by atoms with Gasteiger partial charge in [0.1, 0.15) is 0 Å². The first-order valence-corrected chi connectivity index (χ1v) is 6.62. The fourth-order valence-electron chi connectivity index (χ4n) is 1.67. The number of hydrogen-bond acceptors (Lipinski definition) is 2. The highest BCUT2D eigenvalue weighted by Gasteiger charge is 2.47. The second kappa shape index (κ2) is 4.39. The standard InChI is InChI=1S/C9H22O2Si/c1-7-9(3,4)12(8-2,10-5)11-6/h7-8H2,1-6H3. The Kier molecular flexibility index (Phi) is 4.44. The zero-order valence-electron chi connectivity index (χ0n) is 9.23. The average molecular weight is 190 g/mol. The van der Waals surface area contributed by atoms with Gasteiger partial charge in [0, 0.05) is 19.3 Å². The van der Waals surface area contributed by atoms with Gasteiger partial charge in [-0.3, -0.25) is 0 Å². The molecule has 0 heterocycles. The van der Waals surface area contributed by atoms with E-state index in [4.69, 9.17) is 8.85 Å². The third-order valence-electron chi connectivity index (χ3n) is 3.04. The first kappa shape index (κ1) is 12.1. The van der Waals surface area contributed by atoms with Gasteiger partial charge >= 0.3 is 8.56 Å². The fraction of sp³-hybridized carbons (Fsp3) is 1.00. The second-order valence-corrected chi connectivity index (χ2v) is 8.14. The van der Waals surface area contributed by atoms with Crippen LogP contribution in [0, 0.1) is 0 Å². The molecule has 3 heteroatoms. The maximum absolute atomic E-state index is 5.61. The van der Waals surface area contributed by atoms with Gasteiger partial charge in [0.25, 0.3) is 0 Å². The Morgan fingerprint density at radius 2 is 1.50 bits per heavy atom. The van der Waals surface area contributed by atoms with Gasteiger partial charge in [0.15, 0.2) is 0 Å². The molecule has 0 aliphatic carbocycles. The van der Waals surface area contributed by atoms with Crippen molar-refractivity contribution < 1.29 is 8.85 Å². The Morgan fingerprint density at radius 3 is 1.58 bits per heavy atom. The molecule has 0 rings (SSSR count). The highest BCUT2D eigenvalue weighted by molar-refractivity contribution is 6.70. The van der Waals surface area contributed by atoms with E-state index in [0.29, 0.717) is 0 Å². The van der Waals surface area contributed by atoms with Gasteiger partial charge in [-0.2, -0.15) is 0 Å². The Morgan fingerprint density at radius 1 is 1.08 bits per heavy atom. The van der Waals surface area contributed by atoms with Gasteiger partial charge < -0.3 is 8.85 Å². The lowest BCUT2D eigenvalue weighted by molar-refractivity contribution is 0.209. The molecule has 0 spiro atoms. The van der Waals surface area contributed by atoms with Crippen molar-refractivity contribution in [1.29, 1.82) is 0 Å². The van der Waals surface area contributed by atoms with Crippen molar-refractivity contribution in [1.82, 2.24) is 0 Å². The van der Waals surface area contributed by atoms with Crippen LogP contribution < -0.4 is 0 Å². The van der Waals surface area contributed by atoms with Gasteiger partial charge in [-0.25, -0.2) is 0 Å². The SMILES string of the molecule is CCC(C)(C)[Si](CC)(OC)OC. The highest BCUT2D eigenvalue weighted by atomic mass is 28.4. The molecule has 0 aromatic carbocycles. The van der Waals surface area contributed by atoms with Crippen LogP contribution in [0.5, 0.6) is 0 Å². The smallest absolute Gasteiger partial charge is 0.343 e. The minimum Gasteiger partial charge on any atom is -0.397 e. The van der Waals surface area contributed by atoms with E-state index in [9.17, 15) is 0 Å². The lowest BCUT2D eigenvalue weighted by Gasteiger charge is -2.40. The summed E-state index contributed by atoms with van der Waals surface area (Å²) in [6.07, 6.45) is 1.11. The van der Waals surface area contributed by atoms with Crippen molar-refractivity contribution >= 4 is 8.56 Å². The summed E-state index contributed by atoms with van der Waals surface area (Å²) in [4.78, 5) is 0. The Bertz CT molecular complexity index is 122. The van der Waals surface area contributed by atoms with Crippen molar-refractivity contribution in [2.75, 3.05) is 14.2 Å². The van der Waals surface area contributed by atoms with Crippen LogP contribution in [-0.4, -0.2) is 22.8 Å². The van der Waals surface area contributed by atoms with Gasteiger partial charge in [-0.15, -0.1) is 0 Å². The van der Waals surface area contributed by atoms with Crippen LogP contribution in [-0.2, 0) is 8.85 Å². The zero-order chi connectivity index (χ0) is 9.83. The molecule has 0 fully saturated rings. The summed E-state index contributed by atoms with van der Waals surface area (Å²) in [5, 5.41) is 0.200. The summed E-state index contributed by atoms with van der Waals surface area (Å²) in [6.45, 7) is 8.80. The van der Waals surface area contributed by atoms with Crippen LogP contribution in [0.4, 0.5) is 0 Å². The van der Waals surface area contributed by atoms with E-state index in [0.717, 1.165) is 12.5 Å². The molecule has 0 atom stereocenters. The predicted molar refractivity (Wildman–Crippen MR) is 54.6 cm³/mol. The van der Waals surface area contributed by atoms with Crippen molar-refractivity contribution in [3.05, 3.63) is 0 Å². The largest absolute Gasteiger partial charge is 0.397 e. The van der Waals surface area contributed by atoms with Crippen molar-refractivity contribution in [3.63, 3.8) is 0 Å². The van der Waals surface area contributed by atoms with Crippen molar-refractivity contribution in [3.8, 4) is 0 Å². The number of hydrogen-bond donors (Lipinski definition) is 0. The lowest BCUT2D eigenvalue weighted by Crippen LogP contribution is -2.49. The summed E-state index contributed by atoms with van der Waals surface area (Å²) in [5.74, 6) is 0. The van der Waals surface area contributed by atoms with E-state index in [-0.39, 0.29) is 5.04 Å². The van der Waals surface area contributed by atoms with Crippen LogP contribution in [0.25, 0.3) is 0 Å². The van der Waals surface area contributed by atoms with Crippen LogP contribution >= 0.6 is 0 Å². The number of rotatable bonds is 5. The second-order valence-electron chi connectivity index (χ2n) is 3.75. The van der Waals surface area contributed by atoms with Crippen LogP contribution in [0.1, 0.15) is 34.1 Å². The van der Waals surface area contributed by atoms with E-state index in [2.05, 4.69) is 27.7 Å². The van der Waals surface area contributed by atoms with E-state index < -0.39 is 8.56 Å². The van der Waals surface area contributed by atoms with Crippen molar-refractivity contribution in [2.45, 2.75) is 45.2 Å². The molecule has 0 saturated heterocycles. The molecular weight excluding hydrogens is 168 g/mol. The molecule has 0 unspecified atom stereocenters.